The van der Waals surface area contributed by atoms with E-state index in [2.05, 4.69) is 4.90 Å². The van der Waals surface area contributed by atoms with Crippen LogP contribution in [0.25, 0.3) is 0 Å². The molecule has 0 spiro atoms. The summed E-state index contributed by atoms with van der Waals surface area (Å²) >= 11 is 0. The molecule has 110 valence electrons. The minimum Gasteiger partial charge on any atom is -0.497 e. The third-order valence-electron chi connectivity index (χ3n) is 3.97. The molecule has 0 aliphatic carbocycles. The summed E-state index contributed by atoms with van der Waals surface area (Å²) in [6.45, 7) is 4.47. The number of benzene rings is 1. The average molecular weight is 277 g/mol. The summed E-state index contributed by atoms with van der Waals surface area (Å²) in [6.07, 6.45) is 1.54. The van der Waals surface area contributed by atoms with E-state index in [1.54, 1.807) is 7.11 Å². The Kier molecular flexibility index (Phi) is 5.15. The Morgan fingerprint density at radius 2 is 2.05 bits per heavy atom. The molecule has 0 radical (unpaired) electrons. The minimum atomic E-state index is -0.460. The van der Waals surface area contributed by atoms with E-state index in [-0.39, 0.29) is 0 Å². The number of nitrogens with zero attached hydrogens (tertiary/aromatic N) is 1. The van der Waals surface area contributed by atoms with Crippen LogP contribution in [0.15, 0.2) is 18.2 Å². The van der Waals surface area contributed by atoms with Gasteiger partial charge in [0.15, 0.2) is 0 Å². The molecule has 0 amide bonds. The third-order valence-corrected chi connectivity index (χ3v) is 3.97. The van der Waals surface area contributed by atoms with Gasteiger partial charge in [0, 0.05) is 32.5 Å². The number of ether oxygens (including phenoxy) is 1. The van der Waals surface area contributed by atoms with Crippen LogP contribution in [0.2, 0.25) is 0 Å². The molecule has 0 saturated carbocycles. The molecule has 1 unspecified atom stereocenters. The Labute approximate surface area is 120 Å². The normalized spacial score (nSPS) is 18.1. The highest BCUT2D eigenvalue weighted by Gasteiger charge is 2.18. The zero-order valence-corrected chi connectivity index (χ0v) is 12.3. The monoisotopic (exact) mass is 277 g/mol. The van der Waals surface area contributed by atoms with E-state index in [1.165, 1.54) is 0 Å². The summed E-state index contributed by atoms with van der Waals surface area (Å²) in [5.74, 6) is 1.17. The zero-order chi connectivity index (χ0) is 14.5. The number of Topliss-reactive ketones (excluding diaryl/α,β-unsaturated/α-hetero) is 1. The number of rotatable bonds is 5. The number of carbonyl (C=O) groups is 1. The van der Waals surface area contributed by atoms with Crippen molar-refractivity contribution in [3.05, 3.63) is 29.3 Å². The Hall–Kier alpha value is -1.39. The summed E-state index contributed by atoms with van der Waals surface area (Å²) in [7, 11) is 1.64. The summed E-state index contributed by atoms with van der Waals surface area (Å²) in [5, 5.41) is 10.3. The largest absolute Gasteiger partial charge is 0.497 e. The molecular formula is C16H23NO3. The van der Waals surface area contributed by atoms with E-state index in [1.807, 2.05) is 25.1 Å². The number of piperidine rings is 1. The van der Waals surface area contributed by atoms with Gasteiger partial charge in [0.1, 0.15) is 11.5 Å². The fourth-order valence-corrected chi connectivity index (χ4v) is 2.64. The van der Waals surface area contributed by atoms with Crippen molar-refractivity contribution in [3.8, 4) is 5.75 Å². The lowest BCUT2D eigenvalue weighted by atomic mass is 10.00. The first-order chi connectivity index (χ1) is 9.60. The van der Waals surface area contributed by atoms with Gasteiger partial charge >= 0.3 is 0 Å². The summed E-state index contributed by atoms with van der Waals surface area (Å²) in [6, 6.07) is 5.75. The number of aryl methyl sites for hydroxylation is 1. The molecule has 1 N–H and O–H groups in total. The van der Waals surface area contributed by atoms with Crippen LogP contribution in [0.1, 0.15) is 36.5 Å². The number of hydrogen-bond acceptors (Lipinski definition) is 4. The molecule has 4 heteroatoms. The van der Waals surface area contributed by atoms with Crippen molar-refractivity contribution in [2.45, 2.75) is 32.3 Å². The van der Waals surface area contributed by atoms with E-state index in [0.717, 1.165) is 36.5 Å². The van der Waals surface area contributed by atoms with Gasteiger partial charge in [0.05, 0.1) is 13.2 Å². The minimum absolute atomic E-state index is 0.354. The topological polar surface area (TPSA) is 49.8 Å². The lowest BCUT2D eigenvalue weighted by Gasteiger charge is -2.27. The average Bonchev–Trinajstić information content (AvgIpc) is 2.46. The molecule has 0 bridgehead atoms. The molecule has 1 aromatic carbocycles. The fraction of sp³-hybridized carbons (Fsp3) is 0.562. The first kappa shape index (κ1) is 15.0. The predicted molar refractivity (Wildman–Crippen MR) is 78.0 cm³/mol. The van der Waals surface area contributed by atoms with Crippen LogP contribution in [0.4, 0.5) is 0 Å². The second-order valence-electron chi connectivity index (χ2n) is 5.41. The first-order valence-electron chi connectivity index (χ1n) is 7.17. The molecule has 1 fully saturated rings. The highest BCUT2D eigenvalue weighted by molar-refractivity contribution is 5.79. The lowest BCUT2D eigenvalue weighted by molar-refractivity contribution is -0.121. The summed E-state index contributed by atoms with van der Waals surface area (Å²) in [5.41, 5.74) is 2.00. The second kappa shape index (κ2) is 6.86. The maximum absolute atomic E-state index is 11.2. The fourth-order valence-electron chi connectivity index (χ4n) is 2.64. The number of hydrogen-bond donors (Lipinski definition) is 1. The van der Waals surface area contributed by atoms with Crippen LogP contribution in [0.3, 0.4) is 0 Å². The maximum Gasteiger partial charge on any atom is 0.135 e. The van der Waals surface area contributed by atoms with Crippen LogP contribution in [-0.2, 0) is 4.79 Å². The Morgan fingerprint density at radius 3 is 2.65 bits per heavy atom. The van der Waals surface area contributed by atoms with Gasteiger partial charge in [0.2, 0.25) is 0 Å². The SMILES string of the molecule is COc1ccc(C(O)CCN2CCC(=O)CC2)c(C)c1. The van der Waals surface area contributed by atoms with Gasteiger partial charge in [0.25, 0.3) is 0 Å². The molecule has 1 heterocycles. The molecule has 1 aliphatic heterocycles. The smallest absolute Gasteiger partial charge is 0.135 e. The second-order valence-corrected chi connectivity index (χ2v) is 5.41. The highest BCUT2D eigenvalue weighted by atomic mass is 16.5. The quantitative estimate of drug-likeness (QED) is 0.895. The number of ketones is 1. The number of carbonyl (C=O) groups excluding carboxylic acids is 1. The molecule has 1 saturated heterocycles. The van der Waals surface area contributed by atoms with Gasteiger partial charge in [-0.2, -0.15) is 0 Å². The van der Waals surface area contributed by atoms with E-state index < -0.39 is 6.10 Å². The summed E-state index contributed by atoms with van der Waals surface area (Å²) in [4.78, 5) is 13.4. The van der Waals surface area contributed by atoms with Crippen molar-refractivity contribution in [3.63, 3.8) is 0 Å². The van der Waals surface area contributed by atoms with Crippen LogP contribution >= 0.6 is 0 Å². The van der Waals surface area contributed by atoms with Crippen LogP contribution in [0.5, 0.6) is 5.75 Å². The van der Waals surface area contributed by atoms with Gasteiger partial charge in [-0.1, -0.05) is 6.07 Å². The number of likely N-dealkylation sites (tertiary alicyclic amines) is 1. The summed E-state index contributed by atoms with van der Waals surface area (Å²) < 4.78 is 5.17. The Bertz CT molecular complexity index is 463. The van der Waals surface area contributed by atoms with Crippen molar-refractivity contribution in [1.82, 2.24) is 4.90 Å². The van der Waals surface area contributed by atoms with Gasteiger partial charge in [-0.05, 0) is 36.6 Å². The van der Waals surface area contributed by atoms with Crippen molar-refractivity contribution in [1.29, 1.82) is 0 Å². The van der Waals surface area contributed by atoms with Crippen molar-refractivity contribution < 1.29 is 14.6 Å². The van der Waals surface area contributed by atoms with E-state index in [4.69, 9.17) is 4.74 Å². The molecule has 1 atom stereocenters. The number of aliphatic hydroxyl groups excluding tert-OH is 1. The van der Waals surface area contributed by atoms with E-state index in [0.29, 0.717) is 25.0 Å². The lowest BCUT2D eigenvalue weighted by Crippen LogP contribution is -2.35. The Morgan fingerprint density at radius 1 is 1.35 bits per heavy atom. The maximum atomic E-state index is 11.2. The zero-order valence-electron chi connectivity index (χ0n) is 12.3. The van der Waals surface area contributed by atoms with E-state index >= 15 is 0 Å². The Balaban J connectivity index is 1.88. The molecule has 2 rings (SSSR count). The van der Waals surface area contributed by atoms with Gasteiger partial charge in [-0.3, -0.25) is 4.79 Å². The van der Waals surface area contributed by atoms with Crippen LogP contribution < -0.4 is 4.74 Å². The van der Waals surface area contributed by atoms with Crippen LogP contribution in [-0.4, -0.2) is 42.5 Å². The molecular weight excluding hydrogens is 254 g/mol. The van der Waals surface area contributed by atoms with E-state index in [9.17, 15) is 9.90 Å². The first-order valence-corrected chi connectivity index (χ1v) is 7.17. The van der Waals surface area contributed by atoms with Crippen molar-refractivity contribution >= 4 is 5.78 Å². The number of methoxy groups -OCH3 is 1. The number of aliphatic hydroxyl groups is 1. The third kappa shape index (κ3) is 3.81. The van der Waals surface area contributed by atoms with Gasteiger partial charge in [-0.25, -0.2) is 0 Å². The van der Waals surface area contributed by atoms with Gasteiger partial charge in [-0.15, -0.1) is 0 Å². The molecule has 4 nitrogen and oxygen atoms in total. The molecule has 1 aliphatic rings. The molecule has 0 aromatic heterocycles. The molecule has 1 aromatic rings. The molecule has 20 heavy (non-hydrogen) atoms. The van der Waals surface area contributed by atoms with Crippen molar-refractivity contribution in [2.75, 3.05) is 26.7 Å². The highest BCUT2D eigenvalue weighted by Crippen LogP contribution is 2.25. The van der Waals surface area contributed by atoms with Crippen molar-refractivity contribution in [2.24, 2.45) is 0 Å². The van der Waals surface area contributed by atoms with Gasteiger partial charge < -0.3 is 14.7 Å². The predicted octanol–water partition coefficient (Wildman–Crippen LogP) is 2.09. The van der Waals surface area contributed by atoms with Crippen LogP contribution in [0, 0.1) is 6.92 Å². The standard InChI is InChI=1S/C16H23NO3/c1-12-11-14(20-2)3-4-15(12)16(19)7-10-17-8-5-13(18)6-9-17/h3-4,11,16,19H,5-10H2,1-2H3.